The van der Waals surface area contributed by atoms with Crippen LogP contribution in [0.15, 0.2) is 50.4 Å². The number of nitrogens with zero attached hydrogens (tertiary/aromatic N) is 1. The summed E-state index contributed by atoms with van der Waals surface area (Å²) in [7, 11) is -0.553. The molecule has 0 aliphatic heterocycles. The lowest BCUT2D eigenvalue weighted by atomic mass is 10.2. The average Bonchev–Trinajstić information content (AvgIpc) is 2.90. The number of benzene rings is 1. The van der Waals surface area contributed by atoms with E-state index in [-0.39, 0.29) is 5.09 Å². The second kappa shape index (κ2) is 6.74. The van der Waals surface area contributed by atoms with Crippen LogP contribution in [0.2, 0.25) is 0 Å². The molecule has 1 aromatic carbocycles. The Morgan fingerprint density at radius 3 is 2.38 bits per heavy atom. The van der Waals surface area contributed by atoms with Gasteiger partial charge in [-0.15, -0.1) is 0 Å². The third-order valence-electron chi connectivity index (χ3n) is 2.91. The largest absolute Gasteiger partial charge is 0.447 e. The van der Waals surface area contributed by atoms with Crippen LogP contribution in [-0.4, -0.2) is 26.8 Å². The van der Waals surface area contributed by atoms with E-state index in [4.69, 9.17) is 4.42 Å². The van der Waals surface area contributed by atoms with Gasteiger partial charge in [-0.3, -0.25) is 0 Å². The van der Waals surface area contributed by atoms with Crippen LogP contribution >= 0.6 is 15.9 Å². The van der Waals surface area contributed by atoms with E-state index < -0.39 is 10.0 Å². The van der Waals surface area contributed by atoms with Crippen LogP contribution in [0.3, 0.4) is 0 Å². The normalized spacial score (nSPS) is 12.0. The molecule has 0 saturated heterocycles. The van der Waals surface area contributed by atoms with E-state index in [0.717, 1.165) is 14.3 Å². The smallest absolute Gasteiger partial charge is 0.275 e. The van der Waals surface area contributed by atoms with Crippen molar-refractivity contribution in [2.45, 2.75) is 18.2 Å². The van der Waals surface area contributed by atoms with E-state index in [2.05, 4.69) is 21.2 Å². The van der Waals surface area contributed by atoms with Crippen molar-refractivity contribution in [1.29, 1.82) is 0 Å². The zero-order valence-electron chi connectivity index (χ0n) is 11.8. The molecule has 5 nitrogen and oxygen atoms in total. The molecule has 7 heteroatoms. The number of rotatable bonds is 6. The molecule has 0 aliphatic rings. The predicted molar refractivity (Wildman–Crippen MR) is 84.3 cm³/mol. The Morgan fingerprint density at radius 1 is 1.10 bits per heavy atom. The van der Waals surface area contributed by atoms with E-state index in [0.29, 0.717) is 18.8 Å². The summed E-state index contributed by atoms with van der Waals surface area (Å²) in [5.74, 6) is 0.590. The van der Waals surface area contributed by atoms with Gasteiger partial charge >= 0.3 is 0 Å². The van der Waals surface area contributed by atoms with Crippen molar-refractivity contribution in [3.05, 3.63) is 52.2 Å². The molecule has 0 spiro atoms. The molecule has 0 atom stereocenters. The second-order valence-corrected chi connectivity index (χ2v) is 7.74. The Bertz CT molecular complexity index is 693. The highest BCUT2D eigenvalue weighted by molar-refractivity contribution is 9.10. The first-order chi connectivity index (χ1) is 9.89. The van der Waals surface area contributed by atoms with Gasteiger partial charge in [-0.2, -0.15) is 0 Å². The maximum atomic E-state index is 11.9. The van der Waals surface area contributed by atoms with Gasteiger partial charge in [0.1, 0.15) is 5.76 Å². The van der Waals surface area contributed by atoms with Gasteiger partial charge in [-0.1, -0.05) is 28.1 Å². The van der Waals surface area contributed by atoms with E-state index in [1.165, 1.54) is 20.2 Å². The van der Waals surface area contributed by atoms with E-state index in [9.17, 15) is 8.42 Å². The number of halogens is 1. The van der Waals surface area contributed by atoms with Gasteiger partial charge < -0.3 is 9.73 Å². The lowest BCUT2D eigenvalue weighted by Crippen LogP contribution is -2.21. The minimum absolute atomic E-state index is 0.0343. The summed E-state index contributed by atoms with van der Waals surface area (Å²) in [5, 5.41) is 3.18. The molecule has 1 aromatic heterocycles. The van der Waals surface area contributed by atoms with Crippen molar-refractivity contribution in [2.75, 3.05) is 14.1 Å². The van der Waals surface area contributed by atoms with Crippen LogP contribution < -0.4 is 5.32 Å². The first-order valence-corrected chi connectivity index (χ1v) is 8.59. The third kappa shape index (κ3) is 4.16. The Morgan fingerprint density at radius 2 is 1.76 bits per heavy atom. The molecule has 1 heterocycles. The molecule has 0 saturated carbocycles. The molecule has 2 rings (SSSR count). The summed E-state index contributed by atoms with van der Waals surface area (Å²) in [6.45, 7) is 1.16. The Labute approximate surface area is 133 Å². The number of furan rings is 1. The summed E-state index contributed by atoms with van der Waals surface area (Å²) in [5.41, 5.74) is 1.14. The number of sulfonamides is 1. The summed E-state index contributed by atoms with van der Waals surface area (Å²) >= 11 is 3.39. The average molecular weight is 373 g/mol. The zero-order valence-corrected chi connectivity index (χ0v) is 14.2. The third-order valence-corrected chi connectivity index (χ3v) is 5.13. The lowest BCUT2D eigenvalue weighted by molar-refractivity contribution is 0.389. The van der Waals surface area contributed by atoms with Crippen LogP contribution in [0.5, 0.6) is 0 Å². The van der Waals surface area contributed by atoms with E-state index in [1.54, 1.807) is 6.07 Å². The molecule has 1 N–H and O–H groups in total. The quantitative estimate of drug-likeness (QED) is 0.846. The van der Waals surface area contributed by atoms with Crippen molar-refractivity contribution in [1.82, 2.24) is 9.62 Å². The van der Waals surface area contributed by atoms with Gasteiger partial charge in [0.05, 0.1) is 6.54 Å². The summed E-state index contributed by atoms with van der Waals surface area (Å²) in [4.78, 5) is 0. The Balaban J connectivity index is 1.93. The molecule has 0 fully saturated rings. The summed E-state index contributed by atoms with van der Waals surface area (Å²) in [6, 6.07) is 11.1. The summed E-state index contributed by atoms with van der Waals surface area (Å²) in [6.07, 6.45) is 0. The van der Waals surface area contributed by atoms with Crippen molar-refractivity contribution in [3.63, 3.8) is 0 Å². The molecular weight excluding hydrogens is 356 g/mol. The maximum absolute atomic E-state index is 11.9. The topological polar surface area (TPSA) is 62.6 Å². The monoisotopic (exact) mass is 372 g/mol. The first kappa shape index (κ1) is 16.2. The maximum Gasteiger partial charge on any atom is 0.275 e. The van der Waals surface area contributed by atoms with Crippen molar-refractivity contribution >= 4 is 26.0 Å². The molecule has 2 aromatic rings. The minimum atomic E-state index is -3.50. The van der Waals surface area contributed by atoms with Gasteiger partial charge in [0.25, 0.3) is 10.0 Å². The second-order valence-electron chi connectivity index (χ2n) is 4.74. The van der Waals surface area contributed by atoms with Gasteiger partial charge in [-0.05, 0) is 29.8 Å². The number of hydrogen-bond donors (Lipinski definition) is 1. The van der Waals surface area contributed by atoms with Crippen LogP contribution in [0.25, 0.3) is 0 Å². The van der Waals surface area contributed by atoms with Gasteiger partial charge in [0, 0.05) is 25.1 Å². The van der Waals surface area contributed by atoms with Crippen molar-refractivity contribution < 1.29 is 12.8 Å². The molecule has 21 heavy (non-hydrogen) atoms. The van der Waals surface area contributed by atoms with E-state index >= 15 is 0 Å². The molecule has 0 bridgehead atoms. The fourth-order valence-corrected chi connectivity index (χ4v) is 2.78. The first-order valence-electron chi connectivity index (χ1n) is 6.36. The van der Waals surface area contributed by atoms with Crippen LogP contribution in [0, 0.1) is 0 Å². The van der Waals surface area contributed by atoms with Crippen molar-refractivity contribution in [2.24, 2.45) is 0 Å². The van der Waals surface area contributed by atoms with Crippen LogP contribution in [0.4, 0.5) is 0 Å². The van der Waals surface area contributed by atoms with Gasteiger partial charge in [0.2, 0.25) is 5.09 Å². The number of nitrogens with one attached hydrogen (secondary N) is 1. The minimum Gasteiger partial charge on any atom is -0.447 e. The molecular formula is C14H17BrN2O3S. The van der Waals surface area contributed by atoms with Crippen LogP contribution in [-0.2, 0) is 23.1 Å². The number of hydrogen-bond acceptors (Lipinski definition) is 4. The fourth-order valence-electron chi connectivity index (χ4n) is 1.70. The van der Waals surface area contributed by atoms with Crippen LogP contribution in [0.1, 0.15) is 11.3 Å². The Hall–Kier alpha value is -1.15. The fraction of sp³-hybridized carbons (Fsp3) is 0.286. The molecule has 0 radical (unpaired) electrons. The zero-order chi connectivity index (χ0) is 15.5. The highest BCUT2D eigenvalue weighted by atomic mass is 79.9. The summed E-state index contributed by atoms with van der Waals surface area (Å²) < 4.78 is 31.3. The standard InChI is InChI=1S/C14H17BrN2O3S/c1-17(2)21(18,19)14-8-7-13(20-14)10-16-9-11-3-5-12(15)6-4-11/h3-8,16H,9-10H2,1-2H3. The molecule has 0 amide bonds. The van der Waals surface area contributed by atoms with Gasteiger partial charge in [-0.25, -0.2) is 12.7 Å². The van der Waals surface area contributed by atoms with Gasteiger partial charge in [0.15, 0.2) is 0 Å². The van der Waals surface area contributed by atoms with Crippen molar-refractivity contribution in [3.8, 4) is 0 Å². The lowest BCUT2D eigenvalue weighted by Gasteiger charge is -2.08. The highest BCUT2D eigenvalue weighted by Crippen LogP contribution is 2.17. The molecule has 0 unspecified atom stereocenters. The SMILES string of the molecule is CN(C)S(=O)(=O)c1ccc(CNCc2ccc(Br)cc2)o1. The van der Waals surface area contributed by atoms with E-state index in [1.807, 2.05) is 24.3 Å². The highest BCUT2D eigenvalue weighted by Gasteiger charge is 2.21. The molecule has 114 valence electrons. The molecule has 0 aliphatic carbocycles. The predicted octanol–water partition coefficient (Wildman–Crippen LogP) is 2.58. The Kier molecular flexibility index (Phi) is 5.21.